The lowest BCUT2D eigenvalue weighted by Gasteiger charge is -2.24. The van der Waals surface area contributed by atoms with Crippen LogP contribution in [0.1, 0.15) is 37.0 Å². The molecule has 1 aromatic carbocycles. The molecule has 6 heteroatoms. The summed E-state index contributed by atoms with van der Waals surface area (Å²) in [4.78, 5) is 36.1. The molecule has 0 aromatic heterocycles. The minimum Gasteiger partial charge on any atom is -0.481 e. The van der Waals surface area contributed by atoms with Crippen molar-refractivity contribution in [3.8, 4) is 0 Å². The first-order chi connectivity index (χ1) is 11.4. The number of carboxylic acid groups (broad SMARTS) is 1. The first-order valence-electron chi connectivity index (χ1n) is 7.98. The van der Waals surface area contributed by atoms with Gasteiger partial charge in [0.05, 0.1) is 23.1 Å². The zero-order valence-corrected chi connectivity index (χ0v) is 13.8. The van der Waals surface area contributed by atoms with Gasteiger partial charge in [-0.15, -0.1) is 0 Å². The van der Waals surface area contributed by atoms with Crippen LogP contribution in [0.25, 0.3) is 0 Å². The van der Waals surface area contributed by atoms with Crippen molar-refractivity contribution in [3.05, 3.63) is 42.0 Å². The summed E-state index contributed by atoms with van der Waals surface area (Å²) < 4.78 is 0. The number of allylic oxidation sites excluding steroid dienone is 2. The maximum absolute atomic E-state index is 12.5. The van der Waals surface area contributed by atoms with Crippen LogP contribution in [0.5, 0.6) is 0 Å². The Labute approximate surface area is 140 Å². The van der Waals surface area contributed by atoms with Crippen LogP contribution in [0.4, 0.5) is 5.69 Å². The summed E-state index contributed by atoms with van der Waals surface area (Å²) in [6.07, 6.45) is 4.32. The molecule has 2 amide bonds. The highest BCUT2D eigenvalue weighted by atomic mass is 16.4. The van der Waals surface area contributed by atoms with E-state index in [1.807, 2.05) is 19.9 Å². The van der Waals surface area contributed by atoms with E-state index in [9.17, 15) is 19.5 Å². The van der Waals surface area contributed by atoms with Crippen molar-refractivity contribution in [2.24, 2.45) is 11.8 Å². The molecule has 0 saturated carbocycles. The van der Waals surface area contributed by atoms with E-state index in [1.54, 1.807) is 30.3 Å². The highest BCUT2D eigenvalue weighted by molar-refractivity contribution is 6.04. The number of amides is 2. The Hall–Kier alpha value is -2.63. The van der Waals surface area contributed by atoms with Gasteiger partial charge in [-0.2, -0.15) is 0 Å². The van der Waals surface area contributed by atoms with Gasteiger partial charge in [0.25, 0.3) is 5.91 Å². The van der Waals surface area contributed by atoms with Crippen LogP contribution in [0.2, 0.25) is 0 Å². The zero-order valence-electron chi connectivity index (χ0n) is 13.8. The standard InChI is InChI=1S/C18H22N2O4/c1-11(2)19-17(22)14-9-5-6-10-15(14)20-16(21)12-7-3-4-8-13(12)18(23)24/h3-6,9-13H,7-8H2,1-2H3,(H,19,22)(H,20,21)(H,23,24)/t12-,13+/m0/s1. The quantitative estimate of drug-likeness (QED) is 0.723. The lowest BCUT2D eigenvalue weighted by Crippen LogP contribution is -2.35. The average Bonchev–Trinajstić information content (AvgIpc) is 2.54. The number of carbonyl (C=O) groups excluding carboxylic acids is 2. The lowest BCUT2D eigenvalue weighted by molar-refractivity contribution is -0.146. The summed E-state index contributed by atoms with van der Waals surface area (Å²) in [5.41, 5.74) is 0.747. The number of hydrogen-bond donors (Lipinski definition) is 3. The molecule has 1 aliphatic rings. The molecule has 0 heterocycles. The van der Waals surface area contributed by atoms with Gasteiger partial charge in [0.2, 0.25) is 5.91 Å². The van der Waals surface area contributed by atoms with Crippen molar-refractivity contribution in [1.82, 2.24) is 5.32 Å². The molecular weight excluding hydrogens is 308 g/mol. The van der Waals surface area contributed by atoms with Crippen molar-refractivity contribution in [3.63, 3.8) is 0 Å². The second-order valence-corrected chi connectivity index (χ2v) is 6.16. The van der Waals surface area contributed by atoms with Gasteiger partial charge in [0.15, 0.2) is 0 Å². The summed E-state index contributed by atoms with van der Waals surface area (Å²) in [6.45, 7) is 3.70. The molecule has 0 radical (unpaired) electrons. The fourth-order valence-corrected chi connectivity index (χ4v) is 2.73. The number of benzene rings is 1. The van der Waals surface area contributed by atoms with Gasteiger partial charge in [-0.1, -0.05) is 24.3 Å². The number of aliphatic carboxylic acids is 1. The second-order valence-electron chi connectivity index (χ2n) is 6.16. The first kappa shape index (κ1) is 17.7. The molecule has 1 aliphatic carbocycles. The molecule has 0 spiro atoms. The Kier molecular flexibility index (Phi) is 5.73. The number of carbonyl (C=O) groups is 3. The van der Waals surface area contributed by atoms with Gasteiger partial charge >= 0.3 is 5.97 Å². The first-order valence-corrected chi connectivity index (χ1v) is 7.98. The number of para-hydroxylation sites is 1. The number of nitrogens with one attached hydrogen (secondary N) is 2. The molecule has 24 heavy (non-hydrogen) atoms. The lowest BCUT2D eigenvalue weighted by atomic mass is 9.82. The Morgan fingerprint density at radius 1 is 1.08 bits per heavy atom. The van der Waals surface area contributed by atoms with Crippen molar-refractivity contribution >= 4 is 23.5 Å². The molecule has 2 atom stereocenters. The van der Waals surface area contributed by atoms with Gasteiger partial charge in [0.1, 0.15) is 0 Å². The maximum Gasteiger partial charge on any atom is 0.307 e. The second kappa shape index (κ2) is 7.77. The van der Waals surface area contributed by atoms with E-state index < -0.39 is 17.8 Å². The zero-order chi connectivity index (χ0) is 17.7. The van der Waals surface area contributed by atoms with Gasteiger partial charge in [-0.3, -0.25) is 14.4 Å². The van der Waals surface area contributed by atoms with Gasteiger partial charge in [-0.05, 0) is 38.8 Å². The molecule has 6 nitrogen and oxygen atoms in total. The highest BCUT2D eigenvalue weighted by Crippen LogP contribution is 2.28. The van der Waals surface area contributed by atoms with E-state index in [0.717, 1.165) is 0 Å². The van der Waals surface area contributed by atoms with Crippen LogP contribution in [-0.4, -0.2) is 28.9 Å². The summed E-state index contributed by atoms with van der Waals surface area (Å²) in [6, 6.07) is 6.68. The van der Waals surface area contributed by atoms with Gasteiger partial charge < -0.3 is 15.7 Å². The number of rotatable bonds is 5. The van der Waals surface area contributed by atoms with E-state index in [-0.39, 0.29) is 17.9 Å². The third kappa shape index (κ3) is 4.22. The maximum atomic E-state index is 12.5. The third-order valence-electron chi connectivity index (χ3n) is 3.94. The van der Waals surface area contributed by atoms with Crippen molar-refractivity contribution in [2.75, 3.05) is 5.32 Å². The Balaban J connectivity index is 2.18. The Morgan fingerprint density at radius 2 is 1.71 bits per heavy atom. The predicted molar refractivity (Wildman–Crippen MR) is 90.7 cm³/mol. The van der Waals surface area contributed by atoms with Gasteiger partial charge in [0, 0.05) is 6.04 Å². The van der Waals surface area contributed by atoms with Crippen LogP contribution < -0.4 is 10.6 Å². The molecule has 0 saturated heterocycles. The Bertz CT molecular complexity index is 667. The predicted octanol–water partition coefficient (Wildman–Crippen LogP) is 2.43. The smallest absolute Gasteiger partial charge is 0.307 e. The normalized spacial score (nSPS) is 19.8. The number of anilines is 1. The fourth-order valence-electron chi connectivity index (χ4n) is 2.73. The monoisotopic (exact) mass is 330 g/mol. The molecule has 3 N–H and O–H groups in total. The molecule has 2 rings (SSSR count). The summed E-state index contributed by atoms with van der Waals surface area (Å²) in [5.74, 6) is -3.03. The largest absolute Gasteiger partial charge is 0.481 e. The molecule has 0 unspecified atom stereocenters. The van der Waals surface area contributed by atoms with E-state index in [1.165, 1.54) is 0 Å². The summed E-state index contributed by atoms with van der Waals surface area (Å²) in [7, 11) is 0. The van der Waals surface area contributed by atoms with Crippen molar-refractivity contribution in [2.45, 2.75) is 32.7 Å². The SMILES string of the molecule is CC(C)NC(=O)c1ccccc1NC(=O)[C@H]1CC=CC[C@H]1C(=O)O. The molecule has 0 fully saturated rings. The van der Waals surface area contributed by atoms with Crippen LogP contribution in [0.3, 0.4) is 0 Å². The Morgan fingerprint density at radius 3 is 2.33 bits per heavy atom. The van der Waals surface area contributed by atoms with Crippen molar-refractivity contribution < 1.29 is 19.5 Å². The molecule has 0 aliphatic heterocycles. The fraction of sp³-hybridized carbons (Fsp3) is 0.389. The van der Waals surface area contributed by atoms with Crippen molar-refractivity contribution in [1.29, 1.82) is 0 Å². The number of carboxylic acids is 1. The third-order valence-corrected chi connectivity index (χ3v) is 3.94. The number of hydrogen-bond acceptors (Lipinski definition) is 3. The van der Waals surface area contributed by atoms with E-state index in [0.29, 0.717) is 24.1 Å². The molecular formula is C18H22N2O4. The van der Waals surface area contributed by atoms with Crippen LogP contribution in [0, 0.1) is 11.8 Å². The average molecular weight is 330 g/mol. The van der Waals surface area contributed by atoms with E-state index in [4.69, 9.17) is 0 Å². The molecule has 128 valence electrons. The minimum absolute atomic E-state index is 0.0267. The molecule has 0 bridgehead atoms. The van der Waals surface area contributed by atoms with E-state index in [2.05, 4.69) is 10.6 Å². The highest BCUT2D eigenvalue weighted by Gasteiger charge is 2.34. The minimum atomic E-state index is -0.981. The van der Waals surface area contributed by atoms with Crippen LogP contribution in [-0.2, 0) is 9.59 Å². The van der Waals surface area contributed by atoms with Crippen LogP contribution in [0.15, 0.2) is 36.4 Å². The van der Waals surface area contributed by atoms with Crippen LogP contribution >= 0.6 is 0 Å². The summed E-state index contributed by atoms with van der Waals surface area (Å²) in [5, 5.41) is 14.8. The molecule has 1 aromatic rings. The topological polar surface area (TPSA) is 95.5 Å². The van der Waals surface area contributed by atoms with Gasteiger partial charge in [-0.25, -0.2) is 0 Å². The summed E-state index contributed by atoms with van der Waals surface area (Å²) >= 11 is 0. The van der Waals surface area contributed by atoms with E-state index >= 15 is 0 Å².